The van der Waals surface area contributed by atoms with E-state index in [4.69, 9.17) is 5.84 Å². The smallest absolute Gasteiger partial charge is 0.137 e. The molecule has 1 aromatic heterocycles. The molecule has 0 fully saturated rings. The Bertz CT molecular complexity index is 533. The number of hydrazine groups is 1. The minimum Gasteiger partial charge on any atom is -0.271 e. The summed E-state index contributed by atoms with van der Waals surface area (Å²) in [6, 6.07) is 8.94. The summed E-state index contributed by atoms with van der Waals surface area (Å²) in [6.07, 6.45) is 4.93. The molecule has 0 saturated carbocycles. The second kappa shape index (κ2) is 6.75. The fourth-order valence-electron chi connectivity index (χ4n) is 1.96. The first kappa shape index (κ1) is 14.1. The molecule has 3 N–H and O–H groups in total. The van der Waals surface area contributed by atoms with Gasteiger partial charge in [-0.3, -0.25) is 16.3 Å². The van der Waals surface area contributed by atoms with E-state index >= 15 is 0 Å². The van der Waals surface area contributed by atoms with Crippen LogP contribution in [0.15, 0.2) is 47.2 Å². The van der Waals surface area contributed by atoms with Gasteiger partial charge < -0.3 is 0 Å². The lowest BCUT2D eigenvalue weighted by Gasteiger charge is -2.17. The maximum absolute atomic E-state index is 13.5. The van der Waals surface area contributed by atoms with Gasteiger partial charge in [-0.2, -0.15) is 0 Å². The molecule has 0 amide bonds. The van der Waals surface area contributed by atoms with Crippen LogP contribution in [0.4, 0.5) is 4.39 Å². The molecular weight excluding hydrogens is 309 g/mol. The Balaban J connectivity index is 2.09. The molecule has 100 valence electrons. The number of aromatic nitrogens is 1. The van der Waals surface area contributed by atoms with Crippen LogP contribution in [0.3, 0.4) is 0 Å². The summed E-state index contributed by atoms with van der Waals surface area (Å²) in [4.78, 5) is 4.07. The summed E-state index contributed by atoms with van der Waals surface area (Å²) in [7, 11) is 0. The number of rotatable bonds is 5. The molecule has 0 aliphatic carbocycles. The van der Waals surface area contributed by atoms with E-state index in [1.807, 2.05) is 24.4 Å². The van der Waals surface area contributed by atoms with E-state index in [-0.39, 0.29) is 11.9 Å². The molecule has 5 heteroatoms. The van der Waals surface area contributed by atoms with Crippen molar-refractivity contribution in [2.24, 2.45) is 5.84 Å². The van der Waals surface area contributed by atoms with Crippen LogP contribution in [0.2, 0.25) is 0 Å². The van der Waals surface area contributed by atoms with Gasteiger partial charge in [0, 0.05) is 18.4 Å². The quantitative estimate of drug-likeness (QED) is 0.657. The Kier molecular flexibility index (Phi) is 5.01. The summed E-state index contributed by atoms with van der Waals surface area (Å²) in [5.74, 6) is 5.32. The van der Waals surface area contributed by atoms with E-state index in [2.05, 4.69) is 26.3 Å². The van der Waals surface area contributed by atoms with Gasteiger partial charge in [-0.25, -0.2) is 4.39 Å². The van der Waals surface area contributed by atoms with Crippen molar-refractivity contribution in [3.8, 4) is 0 Å². The normalized spacial score (nSPS) is 12.4. The minimum atomic E-state index is -0.255. The van der Waals surface area contributed by atoms with Gasteiger partial charge in [0.05, 0.1) is 4.47 Å². The molecule has 0 saturated heterocycles. The number of benzene rings is 1. The predicted octanol–water partition coefficient (Wildman–Crippen LogP) is 2.60. The summed E-state index contributed by atoms with van der Waals surface area (Å²) < 4.78 is 14.0. The molecule has 0 radical (unpaired) electrons. The Labute approximate surface area is 120 Å². The average molecular weight is 324 g/mol. The lowest BCUT2D eigenvalue weighted by atomic mass is 10.0. The fraction of sp³-hybridized carbons (Fsp3) is 0.214. The Morgan fingerprint density at radius 3 is 2.79 bits per heavy atom. The van der Waals surface area contributed by atoms with E-state index in [1.54, 1.807) is 12.3 Å². The van der Waals surface area contributed by atoms with Crippen molar-refractivity contribution >= 4 is 15.9 Å². The number of pyridine rings is 1. The molecular formula is C14H15BrFN3. The fourth-order valence-corrected chi connectivity index (χ4v) is 2.39. The van der Waals surface area contributed by atoms with Crippen molar-refractivity contribution in [1.29, 1.82) is 0 Å². The van der Waals surface area contributed by atoms with Gasteiger partial charge >= 0.3 is 0 Å². The van der Waals surface area contributed by atoms with Gasteiger partial charge in [-0.05, 0) is 52.0 Å². The lowest BCUT2D eigenvalue weighted by molar-refractivity contribution is 0.518. The third kappa shape index (κ3) is 3.83. The summed E-state index contributed by atoms with van der Waals surface area (Å²) in [5.41, 5.74) is 4.77. The number of nitrogens with zero attached hydrogens (tertiary/aromatic N) is 1. The second-order valence-electron chi connectivity index (χ2n) is 4.35. The molecule has 0 bridgehead atoms. The molecule has 0 spiro atoms. The van der Waals surface area contributed by atoms with Crippen LogP contribution in [0.5, 0.6) is 0 Å². The van der Waals surface area contributed by atoms with Gasteiger partial charge in [0.1, 0.15) is 5.82 Å². The van der Waals surface area contributed by atoms with Crippen molar-refractivity contribution in [2.75, 3.05) is 0 Å². The third-order valence-electron chi connectivity index (χ3n) is 2.94. The van der Waals surface area contributed by atoms with Crippen LogP contribution in [0.1, 0.15) is 11.1 Å². The van der Waals surface area contributed by atoms with Gasteiger partial charge in [0.15, 0.2) is 0 Å². The van der Waals surface area contributed by atoms with Crippen molar-refractivity contribution in [3.05, 3.63) is 64.1 Å². The topological polar surface area (TPSA) is 50.9 Å². The highest BCUT2D eigenvalue weighted by Gasteiger charge is 2.12. The zero-order valence-electron chi connectivity index (χ0n) is 10.3. The number of nitrogens with one attached hydrogen (secondary N) is 1. The van der Waals surface area contributed by atoms with E-state index in [0.717, 1.165) is 17.5 Å². The van der Waals surface area contributed by atoms with Crippen LogP contribution >= 0.6 is 15.9 Å². The lowest BCUT2D eigenvalue weighted by Crippen LogP contribution is -2.38. The highest BCUT2D eigenvalue weighted by atomic mass is 79.9. The maximum atomic E-state index is 13.5. The molecule has 2 aromatic rings. The monoisotopic (exact) mass is 323 g/mol. The summed E-state index contributed by atoms with van der Waals surface area (Å²) >= 11 is 3.27. The van der Waals surface area contributed by atoms with E-state index in [0.29, 0.717) is 10.9 Å². The zero-order valence-corrected chi connectivity index (χ0v) is 11.9. The van der Waals surface area contributed by atoms with Gasteiger partial charge in [0.2, 0.25) is 0 Å². The van der Waals surface area contributed by atoms with Crippen LogP contribution < -0.4 is 11.3 Å². The molecule has 1 heterocycles. The van der Waals surface area contributed by atoms with Crippen LogP contribution in [0, 0.1) is 5.82 Å². The van der Waals surface area contributed by atoms with Crippen molar-refractivity contribution in [3.63, 3.8) is 0 Å². The first-order valence-corrected chi connectivity index (χ1v) is 6.78. The third-order valence-corrected chi connectivity index (χ3v) is 3.83. The SMILES string of the molecule is NNC(Cc1cccnc1)Cc1cccc(F)c1Br. The first-order valence-electron chi connectivity index (χ1n) is 5.98. The minimum absolute atomic E-state index is 0.0299. The van der Waals surface area contributed by atoms with E-state index in [1.165, 1.54) is 6.07 Å². The van der Waals surface area contributed by atoms with Crippen LogP contribution in [-0.4, -0.2) is 11.0 Å². The van der Waals surface area contributed by atoms with Crippen molar-refractivity contribution in [2.45, 2.75) is 18.9 Å². The van der Waals surface area contributed by atoms with Gasteiger partial charge in [0.25, 0.3) is 0 Å². The average Bonchev–Trinajstić information content (AvgIpc) is 2.44. The highest BCUT2D eigenvalue weighted by Crippen LogP contribution is 2.22. The van der Waals surface area contributed by atoms with E-state index < -0.39 is 0 Å². The zero-order chi connectivity index (χ0) is 13.7. The molecule has 19 heavy (non-hydrogen) atoms. The van der Waals surface area contributed by atoms with Crippen LogP contribution in [0.25, 0.3) is 0 Å². The molecule has 1 unspecified atom stereocenters. The van der Waals surface area contributed by atoms with Gasteiger partial charge in [-0.1, -0.05) is 18.2 Å². The molecule has 1 aromatic carbocycles. The molecule has 3 nitrogen and oxygen atoms in total. The standard InChI is InChI=1S/C14H15BrFN3/c15-14-11(4-1-5-13(14)16)8-12(19-17)7-10-3-2-6-18-9-10/h1-6,9,12,19H,7-8,17H2. The predicted molar refractivity (Wildman–Crippen MR) is 76.9 cm³/mol. The first-order chi connectivity index (χ1) is 9.20. The summed E-state index contributed by atoms with van der Waals surface area (Å²) in [6.45, 7) is 0. The molecule has 0 aliphatic rings. The number of nitrogens with two attached hydrogens (primary N) is 1. The molecule has 1 atom stereocenters. The van der Waals surface area contributed by atoms with Crippen LogP contribution in [-0.2, 0) is 12.8 Å². The van der Waals surface area contributed by atoms with Crippen molar-refractivity contribution < 1.29 is 4.39 Å². The largest absolute Gasteiger partial charge is 0.271 e. The highest BCUT2D eigenvalue weighted by molar-refractivity contribution is 9.10. The molecule has 0 aliphatic heterocycles. The Morgan fingerprint density at radius 2 is 2.11 bits per heavy atom. The number of halogens is 2. The number of hydrogen-bond acceptors (Lipinski definition) is 3. The molecule has 2 rings (SSSR count). The Morgan fingerprint density at radius 1 is 1.26 bits per heavy atom. The van der Waals surface area contributed by atoms with E-state index in [9.17, 15) is 4.39 Å². The maximum Gasteiger partial charge on any atom is 0.137 e. The van der Waals surface area contributed by atoms with Crippen molar-refractivity contribution in [1.82, 2.24) is 10.4 Å². The Hall–Kier alpha value is -1.30. The summed E-state index contributed by atoms with van der Waals surface area (Å²) in [5, 5.41) is 0. The second-order valence-corrected chi connectivity index (χ2v) is 5.14. The van der Waals surface area contributed by atoms with Gasteiger partial charge in [-0.15, -0.1) is 0 Å². The number of hydrogen-bond donors (Lipinski definition) is 2.